The van der Waals surface area contributed by atoms with Gasteiger partial charge in [0.2, 0.25) is 0 Å². The molecule has 2 aromatic heterocycles. The molecule has 9 nitrogen and oxygen atoms in total. The lowest BCUT2D eigenvalue weighted by atomic mass is 9.86. The Balaban J connectivity index is 1.79. The number of aliphatic hydroxyl groups is 1. The Morgan fingerprint density at radius 3 is 2.80 bits per heavy atom. The highest BCUT2D eigenvalue weighted by Gasteiger charge is 2.45. The van der Waals surface area contributed by atoms with Crippen LogP contribution in [0.1, 0.15) is 67.8 Å². The van der Waals surface area contributed by atoms with Crippen LogP contribution >= 0.6 is 0 Å². The van der Waals surface area contributed by atoms with Crippen molar-refractivity contribution in [1.82, 2.24) is 14.9 Å². The van der Waals surface area contributed by atoms with E-state index in [1.54, 1.807) is 17.6 Å². The van der Waals surface area contributed by atoms with Crippen LogP contribution in [0.3, 0.4) is 0 Å². The Kier molecular flexibility index (Phi) is 5.59. The van der Waals surface area contributed by atoms with Gasteiger partial charge in [0.15, 0.2) is 11.6 Å². The van der Waals surface area contributed by atoms with Gasteiger partial charge in [-0.2, -0.15) is 0 Å². The minimum Gasteiger partial charge on any atom is -0.458 e. The Labute approximate surface area is 202 Å². The molecule has 0 radical (unpaired) electrons. The lowest BCUT2D eigenvalue weighted by molar-refractivity contribution is -0.172. The number of ether oxygens (including phenoxy) is 1. The Hall–Kier alpha value is -3.72. The lowest BCUT2D eigenvalue weighted by Crippen LogP contribution is -2.44. The van der Waals surface area contributed by atoms with Crippen molar-refractivity contribution < 1.29 is 14.6 Å². The van der Waals surface area contributed by atoms with Crippen LogP contribution in [0, 0.1) is 5.41 Å². The van der Waals surface area contributed by atoms with Gasteiger partial charge in [-0.05, 0) is 30.5 Å². The van der Waals surface area contributed by atoms with E-state index in [2.05, 4.69) is 12.2 Å². The molecule has 0 fully saturated rings. The predicted octanol–water partition coefficient (Wildman–Crippen LogP) is 2.79. The number of unbranched alkanes of at least 4 members (excludes halogenated alkanes) is 1. The van der Waals surface area contributed by atoms with E-state index in [1.807, 2.05) is 24.3 Å². The van der Waals surface area contributed by atoms with Crippen LogP contribution in [0.4, 0.5) is 0 Å². The molecule has 3 aromatic rings. The van der Waals surface area contributed by atoms with Gasteiger partial charge in [-0.3, -0.25) is 10.2 Å². The number of fused-ring (bicyclic) bond motifs is 5. The van der Waals surface area contributed by atoms with Crippen LogP contribution in [-0.2, 0) is 28.3 Å². The standard InChI is InChI=1S/C26H29N5O4/c1-3-5-9-19(30-25(27)28)21-14-8-6-7-10-18(14)29-22-15(21)12-31-20(22)11-17-16(23(31)32)13-35-24(33)26(17,34)4-2/h6-8,10-11,19,34H,3-5,9,12-13H2,1-2H3,(H4,27,28,30)/t19?,26-/m0/s1. The second-order valence-corrected chi connectivity index (χ2v) is 9.23. The maximum Gasteiger partial charge on any atom is 0.343 e. The molecule has 0 aliphatic carbocycles. The second kappa shape index (κ2) is 8.49. The molecular weight excluding hydrogens is 446 g/mol. The number of cyclic esters (lactones) is 1. The van der Waals surface area contributed by atoms with Crippen molar-refractivity contribution in [1.29, 1.82) is 5.41 Å². The first-order chi connectivity index (χ1) is 16.8. The Morgan fingerprint density at radius 1 is 1.31 bits per heavy atom. The quantitative estimate of drug-likeness (QED) is 0.191. The molecule has 0 spiro atoms. The third kappa shape index (κ3) is 3.49. The number of nitrogens with two attached hydrogens (primary N) is 1. The van der Waals surface area contributed by atoms with E-state index in [0.29, 0.717) is 29.1 Å². The van der Waals surface area contributed by atoms with Crippen molar-refractivity contribution in [3.63, 3.8) is 0 Å². The summed E-state index contributed by atoms with van der Waals surface area (Å²) in [5.41, 5.74) is 8.00. The summed E-state index contributed by atoms with van der Waals surface area (Å²) in [5.74, 6) is -0.861. The number of para-hydroxylation sites is 1. The maximum atomic E-state index is 13.6. The summed E-state index contributed by atoms with van der Waals surface area (Å²) in [7, 11) is 0. The summed E-state index contributed by atoms with van der Waals surface area (Å²) in [5, 5.41) is 23.1. The van der Waals surface area contributed by atoms with Gasteiger partial charge in [-0.15, -0.1) is 0 Å². The summed E-state index contributed by atoms with van der Waals surface area (Å²) < 4.78 is 6.81. The first-order valence-electron chi connectivity index (χ1n) is 12.0. The molecule has 35 heavy (non-hydrogen) atoms. The average Bonchev–Trinajstić information content (AvgIpc) is 3.21. The van der Waals surface area contributed by atoms with Gasteiger partial charge in [0.05, 0.1) is 35.1 Å². The number of rotatable bonds is 6. The molecule has 0 saturated heterocycles. The molecule has 0 saturated carbocycles. The van der Waals surface area contributed by atoms with Gasteiger partial charge in [0.1, 0.15) is 6.61 Å². The van der Waals surface area contributed by atoms with Crippen LogP contribution in [0.15, 0.2) is 35.1 Å². The van der Waals surface area contributed by atoms with E-state index in [4.69, 9.17) is 20.9 Å². The van der Waals surface area contributed by atoms with E-state index >= 15 is 0 Å². The summed E-state index contributed by atoms with van der Waals surface area (Å²) in [6.45, 7) is 3.92. The third-order valence-electron chi connectivity index (χ3n) is 7.16. The fraction of sp³-hybridized carbons (Fsp3) is 0.385. The predicted molar refractivity (Wildman–Crippen MR) is 132 cm³/mol. The van der Waals surface area contributed by atoms with E-state index in [0.717, 1.165) is 41.3 Å². The van der Waals surface area contributed by atoms with Crippen LogP contribution in [-0.4, -0.2) is 26.6 Å². The minimum absolute atomic E-state index is 0.0899. The van der Waals surface area contributed by atoms with Gasteiger partial charge in [-0.1, -0.05) is 44.9 Å². The summed E-state index contributed by atoms with van der Waals surface area (Å²) in [6, 6.07) is 9.26. The van der Waals surface area contributed by atoms with E-state index in [9.17, 15) is 14.7 Å². The summed E-state index contributed by atoms with van der Waals surface area (Å²) in [4.78, 5) is 30.9. The molecule has 2 aliphatic heterocycles. The average molecular weight is 476 g/mol. The molecule has 5 rings (SSSR count). The Bertz CT molecular complexity index is 1430. The van der Waals surface area contributed by atoms with Gasteiger partial charge < -0.3 is 25.5 Å². The normalized spacial score (nSPS) is 19.0. The van der Waals surface area contributed by atoms with Gasteiger partial charge >= 0.3 is 5.97 Å². The maximum absolute atomic E-state index is 13.6. The minimum atomic E-state index is -1.87. The van der Waals surface area contributed by atoms with Crippen LogP contribution < -0.4 is 16.6 Å². The number of guanidine groups is 1. The number of nitrogens with zero attached hydrogens (tertiary/aromatic N) is 2. The van der Waals surface area contributed by atoms with Gasteiger partial charge in [0, 0.05) is 16.5 Å². The first-order valence-corrected chi connectivity index (χ1v) is 12.0. The zero-order valence-corrected chi connectivity index (χ0v) is 19.9. The number of hydrogen-bond donors (Lipinski definition) is 4. The number of hydrogen-bond acceptors (Lipinski definition) is 6. The molecule has 5 N–H and O–H groups in total. The number of nitrogens with one attached hydrogen (secondary N) is 2. The first kappa shape index (κ1) is 23.0. The largest absolute Gasteiger partial charge is 0.458 e. The molecule has 1 aromatic carbocycles. The van der Waals surface area contributed by atoms with Crippen LogP contribution in [0.25, 0.3) is 22.3 Å². The SMILES string of the molecule is CCCCC(NC(=N)N)c1c2c(nc3ccccc13)-c1cc3c(c(=O)n1C2)COC(=O)[C@]3(O)CC. The van der Waals surface area contributed by atoms with Crippen LogP contribution in [0.5, 0.6) is 0 Å². The monoisotopic (exact) mass is 475 g/mol. The number of esters is 1. The summed E-state index contributed by atoms with van der Waals surface area (Å²) >= 11 is 0. The highest BCUT2D eigenvalue weighted by molar-refractivity contribution is 5.90. The highest BCUT2D eigenvalue weighted by atomic mass is 16.6. The molecule has 9 heteroatoms. The molecule has 0 amide bonds. The molecule has 4 heterocycles. The van der Waals surface area contributed by atoms with Crippen molar-refractivity contribution in [3.05, 3.63) is 62.9 Å². The van der Waals surface area contributed by atoms with E-state index in [1.165, 1.54) is 0 Å². The Morgan fingerprint density at radius 2 is 2.09 bits per heavy atom. The fourth-order valence-electron chi connectivity index (χ4n) is 5.34. The van der Waals surface area contributed by atoms with Crippen molar-refractivity contribution in [2.24, 2.45) is 5.73 Å². The molecule has 1 unspecified atom stereocenters. The topological polar surface area (TPSA) is 143 Å². The molecule has 182 valence electrons. The van der Waals surface area contributed by atoms with Crippen molar-refractivity contribution >= 4 is 22.8 Å². The van der Waals surface area contributed by atoms with Crippen molar-refractivity contribution in [2.45, 2.75) is 64.3 Å². The number of carbonyl (C=O) groups is 1. The van der Waals surface area contributed by atoms with Crippen molar-refractivity contribution in [3.8, 4) is 11.4 Å². The van der Waals surface area contributed by atoms with Crippen molar-refractivity contribution in [2.75, 3.05) is 0 Å². The van der Waals surface area contributed by atoms with E-state index in [-0.39, 0.29) is 30.6 Å². The molecule has 2 aliphatic rings. The highest BCUT2D eigenvalue weighted by Crippen LogP contribution is 2.42. The molecule has 2 atom stereocenters. The zero-order chi connectivity index (χ0) is 24.9. The number of benzene rings is 1. The number of carbonyl (C=O) groups excluding carboxylic acids is 1. The number of pyridine rings is 2. The second-order valence-electron chi connectivity index (χ2n) is 9.23. The summed E-state index contributed by atoms with van der Waals surface area (Å²) in [6.07, 6.45) is 2.76. The van der Waals surface area contributed by atoms with Gasteiger partial charge in [0.25, 0.3) is 5.56 Å². The number of aromatic nitrogens is 2. The molecule has 0 bridgehead atoms. The van der Waals surface area contributed by atoms with Gasteiger partial charge in [-0.25, -0.2) is 9.78 Å². The molecular formula is C26H29N5O4. The fourth-order valence-corrected chi connectivity index (χ4v) is 5.34. The lowest BCUT2D eigenvalue weighted by Gasteiger charge is -2.31. The zero-order valence-electron chi connectivity index (χ0n) is 19.9. The third-order valence-corrected chi connectivity index (χ3v) is 7.16. The smallest absolute Gasteiger partial charge is 0.343 e. The van der Waals surface area contributed by atoms with Crippen LogP contribution in [0.2, 0.25) is 0 Å². The van der Waals surface area contributed by atoms with E-state index < -0.39 is 11.6 Å².